The van der Waals surface area contributed by atoms with E-state index in [-0.39, 0.29) is 0 Å². The summed E-state index contributed by atoms with van der Waals surface area (Å²) in [6, 6.07) is 6.94. The number of benzene rings is 1. The van der Waals surface area contributed by atoms with E-state index in [1.54, 1.807) is 0 Å². The van der Waals surface area contributed by atoms with Gasteiger partial charge in [-0.2, -0.15) is 0 Å². The predicted octanol–water partition coefficient (Wildman–Crippen LogP) is 4.87. The fraction of sp³-hybridized carbons (Fsp3) is 0.684. The Morgan fingerprint density at radius 1 is 1.24 bits per heavy atom. The molecule has 4 atom stereocenters. The first-order valence-electron chi connectivity index (χ1n) is 8.51. The Kier molecular flexibility index (Phi) is 5.69. The number of hydrogen-bond acceptors (Lipinski definition) is 2. The quantitative estimate of drug-likeness (QED) is 0.835. The summed E-state index contributed by atoms with van der Waals surface area (Å²) in [5, 5.41) is 3.49. The summed E-state index contributed by atoms with van der Waals surface area (Å²) in [5.41, 5.74) is 2.56. The monoisotopic (exact) mass is 289 g/mol. The van der Waals surface area contributed by atoms with Crippen LogP contribution in [-0.2, 0) is 0 Å². The van der Waals surface area contributed by atoms with Gasteiger partial charge in [-0.3, -0.25) is 0 Å². The van der Waals surface area contributed by atoms with Gasteiger partial charge in [-0.1, -0.05) is 32.9 Å². The molecule has 1 aromatic carbocycles. The van der Waals surface area contributed by atoms with E-state index in [0.29, 0.717) is 12.1 Å². The van der Waals surface area contributed by atoms with Gasteiger partial charge in [-0.05, 0) is 63.1 Å². The molecular weight excluding hydrogens is 258 g/mol. The Morgan fingerprint density at radius 2 is 2.00 bits per heavy atom. The van der Waals surface area contributed by atoms with Crippen LogP contribution in [0.15, 0.2) is 18.2 Å². The van der Waals surface area contributed by atoms with E-state index in [4.69, 9.17) is 4.74 Å². The molecule has 1 aliphatic rings. The van der Waals surface area contributed by atoms with Crippen LogP contribution >= 0.6 is 0 Å². The Hall–Kier alpha value is -1.02. The van der Waals surface area contributed by atoms with E-state index in [1.165, 1.54) is 30.4 Å². The zero-order valence-corrected chi connectivity index (χ0v) is 14.3. The smallest absolute Gasteiger partial charge is 0.124 e. The Morgan fingerprint density at radius 3 is 2.67 bits per heavy atom. The van der Waals surface area contributed by atoms with Crippen molar-refractivity contribution in [2.45, 2.75) is 66.0 Å². The first kappa shape index (κ1) is 16.4. The Balaban J connectivity index is 2.13. The van der Waals surface area contributed by atoms with E-state index in [0.717, 1.165) is 24.1 Å². The minimum Gasteiger partial charge on any atom is -0.490 e. The van der Waals surface area contributed by atoms with E-state index < -0.39 is 0 Å². The van der Waals surface area contributed by atoms with Gasteiger partial charge in [0, 0.05) is 11.6 Å². The van der Waals surface area contributed by atoms with Crippen molar-refractivity contribution in [1.29, 1.82) is 0 Å². The summed E-state index contributed by atoms with van der Waals surface area (Å²) in [6.07, 6.45) is 4.04. The SMILES string of the molecule is CCNC(C)c1ccc(C)cc1OC1CCC(C)C(C)C1. The highest BCUT2D eigenvalue weighted by Gasteiger charge is 2.26. The third kappa shape index (κ3) is 4.23. The average molecular weight is 289 g/mol. The maximum atomic E-state index is 6.41. The van der Waals surface area contributed by atoms with Crippen LogP contribution in [0.5, 0.6) is 5.75 Å². The highest BCUT2D eigenvalue weighted by atomic mass is 16.5. The van der Waals surface area contributed by atoms with E-state index in [1.807, 2.05) is 0 Å². The lowest BCUT2D eigenvalue weighted by Crippen LogP contribution is -2.29. The number of aryl methyl sites for hydroxylation is 1. The van der Waals surface area contributed by atoms with Crippen LogP contribution in [0.25, 0.3) is 0 Å². The second-order valence-corrected chi connectivity index (χ2v) is 6.83. The molecular formula is C19H31NO. The topological polar surface area (TPSA) is 21.3 Å². The Bertz CT molecular complexity index is 457. The molecule has 4 unspecified atom stereocenters. The fourth-order valence-corrected chi connectivity index (χ4v) is 3.30. The molecule has 1 fully saturated rings. The van der Waals surface area contributed by atoms with Crippen molar-refractivity contribution in [3.05, 3.63) is 29.3 Å². The van der Waals surface area contributed by atoms with E-state index in [9.17, 15) is 0 Å². The molecule has 2 rings (SSSR count). The number of rotatable bonds is 5. The summed E-state index contributed by atoms with van der Waals surface area (Å²) in [7, 11) is 0. The molecule has 1 N–H and O–H groups in total. The number of hydrogen-bond donors (Lipinski definition) is 1. The predicted molar refractivity (Wildman–Crippen MR) is 89.9 cm³/mol. The summed E-state index contributed by atoms with van der Waals surface area (Å²) in [5.74, 6) is 2.68. The molecule has 0 aromatic heterocycles. The highest BCUT2D eigenvalue weighted by molar-refractivity contribution is 5.39. The lowest BCUT2D eigenvalue weighted by atomic mass is 9.80. The summed E-state index contributed by atoms with van der Waals surface area (Å²) in [6.45, 7) is 12.2. The molecule has 0 bridgehead atoms. The van der Waals surface area contributed by atoms with Crippen molar-refractivity contribution in [3.8, 4) is 5.75 Å². The third-order valence-corrected chi connectivity index (χ3v) is 4.99. The second-order valence-electron chi connectivity index (χ2n) is 6.83. The minimum absolute atomic E-state index is 0.338. The van der Waals surface area contributed by atoms with Crippen molar-refractivity contribution in [1.82, 2.24) is 5.32 Å². The average Bonchev–Trinajstić information content (AvgIpc) is 2.43. The second kappa shape index (κ2) is 7.31. The molecule has 1 saturated carbocycles. The van der Waals surface area contributed by atoms with Crippen molar-refractivity contribution >= 4 is 0 Å². The van der Waals surface area contributed by atoms with Crippen LogP contribution in [0.3, 0.4) is 0 Å². The zero-order valence-electron chi connectivity index (χ0n) is 14.3. The molecule has 2 nitrogen and oxygen atoms in total. The van der Waals surface area contributed by atoms with Crippen LogP contribution < -0.4 is 10.1 Å². The van der Waals surface area contributed by atoms with Gasteiger partial charge in [-0.15, -0.1) is 0 Å². The molecule has 118 valence electrons. The van der Waals surface area contributed by atoms with Gasteiger partial charge in [0.15, 0.2) is 0 Å². The van der Waals surface area contributed by atoms with E-state index >= 15 is 0 Å². The molecule has 0 spiro atoms. The van der Waals surface area contributed by atoms with Crippen molar-refractivity contribution in [2.24, 2.45) is 11.8 Å². The highest BCUT2D eigenvalue weighted by Crippen LogP contribution is 2.34. The van der Waals surface area contributed by atoms with Gasteiger partial charge in [-0.25, -0.2) is 0 Å². The summed E-state index contributed by atoms with van der Waals surface area (Å²) >= 11 is 0. The van der Waals surface area contributed by atoms with Gasteiger partial charge in [0.2, 0.25) is 0 Å². The first-order valence-corrected chi connectivity index (χ1v) is 8.51. The largest absolute Gasteiger partial charge is 0.490 e. The lowest BCUT2D eigenvalue weighted by Gasteiger charge is -2.33. The van der Waals surface area contributed by atoms with Crippen molar-refractivity contribution in [3.63, 3.8) is 0 Å². The molecule has 0 aliphatic heterocycles. The van der Waals surface area contributed by atoms with Crippen LogP contribution in [0.1, 0.15) is 64.1 Å². The number of nitrogens with one attached hydrogen (secondary N) is 1. The van der Waals surface area contributed by atoms with Crippen molar-refractivity contribution < 1.29 is 4.74 Å². The van der Waals surface area contributed by atoms with Gasteiger partial charge in [0.05, 0.1) is 6.10 Å². The fourth-order valence-electron chi connectivity index (χ4n) is 3.30. The van der Waals surface area contributed by atoms with Crippen LogP contribution in [0.4, 0.5) is 0 Å². The molecule has 1 aromatic rings. The molecule has 0 amide bonds. The Labute approximate surface area is 130 Å². The normalized spacial score (nSPS) is 27.4. The minimum atomic E-state index is 0.338. The molecule has 21 heavy (non-hydrogen) atoms. The van der Waals surface area contributed by atoms with Crippen molar-refractivity contribution in [2.75, 3.05) is 6.54 Å². The lowest BCUT2D eigenvalue weighted by molar-refractivity contribution is 0.0992. The molecule has 0 radical (unpaired) electrons. The molecule has 2 heteroatoms. The molecule has 0 heterocycles. The van der Waals surface area contributed by atoms with Crippen LogP contribution in [0.2, 0.25) is 0 Å². The molecule has 0 saturated heterocycles. The maximum Gasteiger partial charge on any atom is 0.124 e. The van der Waals surface area contributed by atoms with Crippen LogP contribution in [0, 0.1) is 18.8 Å². The van der Waals surface area contributed by atoms with Gasteiger partial charge in [0.1, 0.15) is 5.75 Å². The third-order valence-electron chi connectivity index (χ3n) is 4.99. The van der Waals surface area contributed by atoms with Gasteiger partial charge < -0.3 is 10.1 Å². The van der Waals surface area contributed by atoms with Gasteiger partial charge >= 0.3 is 0 Å². The summed E-state index contributed by atoms with van der Waals surface area (Å²) < 4.78 is 6.41. The zero-order chi connectivity index (χ0) is 15.4. The standard InChI is InChI=1S/C19H31NO/c1-6-20-16(5)18-10-7-13(2)11-19(18)21-17-9-8-14(3)15(4)12-17/h7,10-11,14-17,20H,6,8-9,12H2,1-5H3. The number of ether oxygens (including phenoxy) is 1. The van der Waals surface area contributed by atoms with E-state index in [2.05, 4.69) is 58.1 Å². The molecule has 1 aliphatic carbocycles. The van der Waals surface area contributed by atoms with Crippen LogP contribution in [-0.4, -0.2) is 12.6 Å². The summed E-state index contributed by atoms with van der Waals surface area (Å²) in [4.78, 5) is 0. The maximum absolute atomic E-state index is 6.41. The first-order chi connectivity index (χ1) is 10.0. The van der Waals surface area contributed by atoms with Gasteiger partial charge in [0.25, 0.3) is 0 Å².